The lowest BCUT2D eigenvalue weighted by atomic mass is 9.67. The Morgan fingerprint density at radius 2 is 2.00 bits per heavy atom. The Labute approximate surface area is 127 Å². The van der Waals surface area contributed by atoms with Gasteiger partial charge in [-0.05, 0) is 24.7 Å². The molecule has 5 nitrogen and oxygen atoms in total. The third-order valence-corrected chi connectivity index (χ3v) is 4.91. The molecule has 2 rings (SSSR count). The smallest absolute Gasteiger partial charge is 0.348 e. The van der Waals surface area contributed by atoms with E-state index in [-0.39, 0.29) is 22.8 Å². The number of nitrogens with zero attached hydrogens (tertiary/aromatic N) is 2. The third kappa shape index (κ3) is 2.36. The quantitative estimate of drug-likeness (QED) is 0.441. The number of nitriles is 2. The number of ether oxygens (including phenoxy) is 1. The molecule has 0 aromatic carbocycles. The molecule has 6 heteroatoms. The van der Waals surface area contributed by atoms with Crippen LogP contribution < -0.4 is 0 Å². The van der Waals surface area contributed by atoms with Crippen molar-refractivity contribution in [3.05, 3.63) is 21.6 Å². The van der Waals surface area contributed by atoms with Crippen molar-refractivity contribution in [3.8, 4) is 12.1 Å². The van der Waals surface area contributed by atoms with Gasteiger partial charge in [-0.25, -0.2) is 4.79 Å². The molecule has 0 aliphatic heterocycles. The minimum Gasteiger partial charge on any atom is -0.465 e. The van der Waals surface area contributed by atoms with Gasteiger partial charge in [0.05, 0.1) is 7.11 Å². The van der Waals surface area contributed by atoms with Gasteiger partial charge in [-0.1, -0.05) is 6.42 Å². The predicted molar refractivity (Wildman–Crippen MR) is 76.6 cm³/mol. The standard InChI is InChI=1S/C15H14N2O3S/c1-20-15(19)10(6-16)12-8-4-3-5-9(12)14(21-2)11(7-17)13(8)18/h8-9H,3-5H2,1-2H3/b12-10+/t8-,9+/m1/s1. The van der Waals surface area contributed by atoms with Gasteiger partial charge in [-0.3, -0.25) is 4.79 Å². The molecule has 0 aromatic heterocycles. The number of methoxy groups -OCH3 is 1. The Morgan fingerprint density at radius 3 is 2.52 bits per heavy atom. The highest BCUT2D eigenvalue weighted by Crippen LogP contribution is 2.49. The van der Waals surface area contributed by atoms with E-state index < -0.39 is 11.9 Å². The molecule has 0 aromatic rings. The summed E-state index contributed by atoms with van der Waals surface area (Å²) in [6, 6.07) is 3.88. The van der Waals surface area contributed by atoms with Gasteiger partial charge in [-0.15, -0.1) is 11.8 Å². The first-order valence-electron chi connectivity index (χ1n) is 6.55. The number of carbonyl (C=O) groups is 2. The summed E-state index contributed by atoms with van der Waals surface area (Å²) in [7, 11) is 1.21. The molecule has 0 N–H and O–H groups in total. The fraction of sp³-hybridized carbons (Fsp3) is 0.467. The van der Waals surface area contributed by atoms with Crippen LogP contribution in [0.25, 0.3) is 0 Å². The van der Waals surface area contributed by atoms with Crippen LogP contribution in [-0.4, -0.2) is 25.1 Å². The molecule has 2 aliphatic carbocycles. The number of rotatable bonds is 2. The Morgan fingerprint density at radius 1 is 1.33 bits per heavy atom. The van der Waals surface area contributed by atoms with Gasteiger partial charge in [0.15, 0.2) is 5.78 Å². The van der Waals surface area contributed by atoms with Crippen molar-refractivity contribution in [3.63, 3.8) is 0 Å². The largest absolute Gasteiger partial charge is 0.465 e. The number of hydrogen-bond donors (Lipinski definition) is 0. The average molecular weight is 302 g/mol. The highest BCUT2D eigenvalue weighted by atomic mass is 32.2. The number of hydrogen-bond acceptors (Lipinski definition) is 6. The first kappa shape index (κ1) is 15.3. The molecule has 2 bridgehead atoms. The van der Waals surface area contributed by atoms with E-state index in [2.05, 4.69) is 4.74 Å². The molecule has 0 saturated heterocycles. The molecular formula is C15H14N2O3S. The maximum Gasteiger partial charge on any atom is 0.348 e. The van der Waals surface area contributed by atoms with Crippen molar-refractivity contribution in [2.75, 3.05) is 13.4 Å². The van der Waals surface area contributed by atoms with Crippen molar-refractivity contribution < 1.29 is 14.3 Å². The van der Waals surface area contributed by atoms with E-state index in [1.807, 2.05) is 12.1 Å². The zero-order valence-corrected chi connectivity index (χ0v) is 12.6. The fourth-order valence-corrected chi connectivity index (χ4v) is 4.01. The Balaban J connectivity index is 2.72. The van der Waals surface area contributed by atoms with Crippen molar-refractivity contribution in [1.82, 2.24) is 0 Å². The molecule has 0 heterocycles. The van der Waals surface area contributed by atoms with Crippen LogP contribution in [0.5, 0.6) is 0 Å². The lowest BCUT2D eigenvalue weighted by Crippen LogP contribution is -2.35. The Bertz CT molecular complexity index is 649. The summed E-state index contributed by atoms with van der Waals surface area (Å²) in [6.45, 7) is 0. The van der Waals surface area contributed by atoms with Gasteiger partial charge < -0.3 is 4.74 Å². The van der Waals surface area contributed by atoms with Gasteiger partial charge >= 0.3 is 5.97 Å². The number of allylic oxidation sites excluding steroid dienone is 3. The zero-order chi connectivity index (χ0) is 15.6. The second-order valence-electron chi connectivity index (χ2n) is 4.89. The normalized spacial score (nSPS) is 26.8. The highest BCUT2D eigenvalue weighted by Gasteiger charge is 2.44. The fourth-order valence-electron chi connectivity index (χ4n) is 3.13. The van der Waals surface area contributed by atoms with Crippen LogP contribution in [0.4, 0.5) is 0 Å². The van der Waals surface area contributed by atoms with Crippen LogP contribution in [0, 0.1) is 34.5 Å². The molecule has 2 aliphatic rings. The van der Waals surface area contributed by atoms with Gasteiger partial charge in [0.2, 0.25) is 0 Å². The Kier molecular flexibility index (Phi) is 4.50. The SMILES string of the molecule is COC(=O)/C(C#N)=C1/[C@@H]2CCC[C@H]1C(=O)C(C#N)=C2SC. The Hall–Kier alpha value is -2.05. The van der Waals surface area contributed by atoms with E-state index in [0.29, 0.717) is 16.9 Å². The number of thioether (sulfide) groups is 1. The molecule has 2 atom stereocenters. The number of esters is 1. The van der Waals surface area contributed by atoms with Crippen LogP contribution in [0.3, 0.4) is 0 Å². The van der Waals surface area contributed by atoms with E-state index in [9.17, 15) is 20.1 Å². The van der Waals surface area contributed by atoms with E-state index in [1.165, 1.54) is 18.9 Å². The summed E-state index contributed by atoms with van der Waals surface area (Å²) in [5, 5.41) is 18.5. The summed E-state index contributed by atoms with van der Waals surface area (Å²) < 4.78 is 4.66. The highest BCUT2D eigenvalue weighted by molar-refractivity contribution is 8.02. The zero-order valence-electron chi connectivity index (χ0n) is 11.8. The lowest BCUT2D eigenvalue weighted by molar-refractivity contribution is -0.135. The lowest BCUT2D eigenvalue weighted by Gasteiger charge is -2.37. The van der Waals surface area contributed by atoms with Crippen LogP contribution in [0.2, 0.25) is 0 Å². The summed E-state index contributed by atoms with van der Waals surface area (Å²) >= 11 is 1.34. The molecule has 0 amide bonds. The minimum absolute atomic E-state index is 0.0795. The second kappa shape index (κ2) is 6.15. The molecule has 1 fully saturated rings. The van der Waals surface area contributed by atoms with Crippen LogP contribution in [0.1, 0.15) is 19.3 Å². The van der Waals surface area contributed by atoms with E-state index in [0.717, 1.165) is 12.8 Å². The monoisotopic (exact) mass is 302 g/mol. The maximum absolute atomic E-state index is 12.5. The average Bonchev–Trinajstić information content (AvgIpc) is 2.51. The van der Waals surface area contributed by atoms with Crippen LogP contribution in [-0.2, 0) is 14.3 Å². The summed E-state index contributed by atoms with van der Waals surface area (Å²) in [5.41, 5.74) is 0.649. The molecular weight excluding hydrogens is 288 g/mol. The van der Waals surface area contributed by atoms with E-state index in [4.69, 9.17) is 0 Å². The minimum atomic E-state index is -0.710. The van der Waals surface area contributed by atoms with Crippen molar-refractivity contribution in [2.24, 2.45) is 11.8 Å². The van der Waals surface area contributed by atoms with Gasteiger partial charge in [0.25, 0.3) is 0 Å². The molecule has 0 unspecified atom stereocenters. The van der Waals surface area contributed by atoms with Crippen molar-refractivity contribution in [1.29, 1.82) is 10.5 Å². The third-order valence-electron chi connectivity index (χ3n) is 3.98. The van der Waals surface area contributed by atoms with Crippen molar-refractivity contribution >= 4 is 23.5 Å². The van der Waals surface area contributed by atoms with E-state index in [1.54, 1.807) is 6.26 Å². The molecule has 108 valence electrons. The van der Waals surface area contributed by atoms with Gasteiger partial charge in [0.1, 0.15) is 23.3 Å². The molecule has 21 heavy (non-hydrogen) atoms. The van der Waals surface area contributed by atoms with Crippen LogP contribution >= 0.6 is 11.8 Å². The summed E-state index contributed by atoms with van der Waals surface area (Å²) in [4.78, 5) is 25.0. The van der Waals surface area contributed by atoms with Crippen LogP contribution in [0.15, 0.2) is 21.6 Å². The maximum atomic E-state index is 12.5. The number of fused-ring (bicyclic) bond motifs is 2. The first-order chi connectivity index (χ1) is 10.1. The number of carbonyl (C=O) groups excluding carboxylic acids is 2. The van der Waals surface area contributed by atoms with Gasteiger partial charge in [0, 0.05) is 16.7 Å². The predicted octanol–water partition coefficient (Wildman–Crippen LogP) is 2.12. The molecule has 1 saturated carbocycles. The molecule has 0 spiro atoms. The first-order valence-corrected chi connectivity index (χ1v) is 7.78. The topological polar surface area (TPSA) is 90.9 Å². The molecule has 0 radical (unpaired) electrons. The summed E-state index contributed by atoms with van der Waals surface area (Å²) in [6.07, 6.45) is 3.95. The second-order valence-corrected chi connectivity index (χ2v) is 5.74. The number of ketones is 1. The van der Waals surface area contributed by atoms with Gasteiger partial charge in [-0.2, -0.15) is 10.5 Å². The summed E-state index contributed by atoms with van der Waals surface area (Å²) in [5.74, 6) is -1.72. The van der Waals surface area contributed by atoms with E-state index >= 15 is 0 Å². The van der Waals surface area contributed by atoms with Crippen molar-refractivity contribution in [2.45, 2.75) is 19.3 Å². The number of Topliss-reactive ketones (excluding diaryl/α,β-unsaturated/α-hetero) is 1.